The molecule has 1 aromatic heterocycles. The van der Waals surface area contributed by atoms with Crippen molar-refractivity contribution in [2.24, 2.45) is 5.92 Å². The fourth-order valence-corrected chi connectivity index (χ4v) is 4.10. The van der Waals surface area contributed by atoms with Gasteiger partial charge in [0.05, 0.1) is 5.39 Å². The third-order valence-electron chi connectivity index (χ3n) is 5.59. The second-order valence-electron chi connectivity index (χ2n) is 8.47. The van der Waals surface area contributed by atoms with Crippen molar-refractivity contribution >= 4 is 28.3 Å². The zero-order valence-corrected chi connectivity index (χ0v) is 18.7. The topological polar surface area (TPSA) is 58.4 Å². The zero-order chi connectivity index (χ0) is 22.0. The van der Waals surface area contributed by atoms with Gasteiger partial charge in [-0.1, -0.05) is 55.8 Å². The molecule has 0 bridgehead atoms. The molecule has 2 heterocycles. The molecule has 6 nitrogen and oxygen atoms in total. The highest BCUT2D eigenvalue weighted by Crippen LogP contribution is 2.18. The maximum Gasteiger partial charge on any atom is 0.275 e. The van der Waals surface area contributed by atoms with E-state index in [-0.39, 0.29) is 17.4 Å². The minimum atomic E-state index is -0.145. The van der Waals surface area contributed by atoms with Crippen LogP contribution < -0.4 is 5.56 Å². The number of amides is 1. The number of nitrogens with zero attached hydrogens (tertiary/aromatic N) is 4. The van der Waals surface area contributed by atoms with E-state index in [0.29, 0.717) is 36.1 Å². The average molecular weight is 439 g/mol. The van der Waals surface area contributed by atoms with Crippen LogP contribution in [0.5, 0.6) is 0 Å². The van der Waals surface area contributed by atoms with E-state index in [1.807, 2.05) is 61.2 Å². The molecule has 1 aliphatic rings. The molecule has 1 saturated heterocycles. The van der Waals surface area contributed by atoms with Gasteiger partial charge < -0.3 is 4.90 Å². The smallest absolute Gasteiger partial charge is 0.275 e. The summed E-state index contributed by atoms with van der Waals surface area (Å²) in [7, 11) is 0. The van der Waals surface area contributed by atoms with Gasteiger partial charge in [-0.2, -0.15) is 5.10 Å². The number of halogens is 1. The van der Waals surface area contributed by atoms with E-state index < -0.39 is 0 Å². The summed E-state index contributed by atoms with van der Waals surface area (Å²) in [5.41, 5.74) is 1.42. The average Bonchev–Trinajstić information content (AvgIpc) is 2.77. The number of aromatic nitrogens is 2. The quantitative estimate of drug-likeness (QED) is 0.610. The van der Waals surface area contributed by atoms with Crippen LogP contribution in [0.3, 0.4) is 0 Å². The van der Waals surface area contributed by atoms with Gasteiger partial charge in [0.1, 0.15) is 0 Å². The molecule has 0 atom stereocenters. The van der Waals surface area contributed by atoms with E-state index in [9.17, 15) is 9.59 Å². The number of carbonyl (C=O) groups excluding carboxylic acids is 1. The molecular weight excluding hydrogens is 412 g/mol. The number of piperazine rings is 1. The second kappa shape index (κ2) is 9.20. The Morgan fingerprint density at radius 3 is 2.29 bits per heavy atom. The fourth-order valence-electron chi connectivity index (χ4n) is 3.97. The Hall–Kier alpha value is -2.70. The summed E-state index contributed by atoms with van der Waals surface area (Å²) in [5, 5.41) is 6.40. The van der Waals surface area contributed by atoms with Crippen LogP contribution in [0.1, 0.15) is 29.9 Å². The summed E-state index contributed by atoms with van der Waals surface area (Å²) >= 11 is 5.97. The van der Waals surface area contributed by atoms with Crippen molar-refractivity contribution in [2.45, 2.75) is 26.9 Å². The number of benzene rings is 2. The molecule has 31 heavy (non-hydrogen) atoms. The standard InChI is InChI=1S/C24H27ClN4O2/c1-17(2)15-29-23(30)21-6-4-3-5-20(21)22(26-29)24(31)28-13-11-27(12-14-28)16-18-7-9-19(25)10-8-18/h3-10,17H,11-16H2,1-2H3. The van der Waals surface area contributed by atoms with Crippen LogP contribution in [-0.2, 0) is 13.1 Å². The maximum atomic E-state index is 13.4. The summed E-state index contributed by atoms with van der Waals surface area (Å²) in [6.07, 6.45) is 0. The Balaban J connectivity index is 1.53. The first-order chi connectivity index (χ1) is 14.9. The fraction of sp³-hybridized carbons (Fsp3) is 0.375. The van der Waals surface area contributed by atoms with Crippen LogP contribution in [0.2, 0.25) is 5.02 Å². The lowest BCUT2D eigenvalue weighted by Crippen LogP contribution is -2.48. The van der Waals surface area contributed by atoms with E-state index in [4.69, 9.17) is 11.6 Å². The van der Waals surface area contributed by atoms with Crippen molar-refractivity contribution in [3.8, 4) is 0 Å². The Labute approximate surface area is 187 Å². The van der Waals surface area contributed by atoms with Gasteiger partial charge in [0.2, 0.25) is 0 Å². The highest BCUT2D eigenvalue weighted by molar-refractivity contribution is 6.30. The van der Waals surface area contributed by atoms with Gasteiger partial charge >= 0.3 is 0 Å². The third kappa shape index (κ3) is 4.81. The van der Waals surface area contributed by atoms with Crippen LogP contribution in [0, 0.1) is 5.92 Å². The van der Waals surface area contributed by atoms with E-state index >= 15 is 0 Å². The van der Waals surface area contributed by atoms with Crippen molar-refractivity contribution in [1.82, 2.24) is 19.6 Å². The van der Waals surface area contributed by atoms with E-state index in [1.54, 1.807) is 6.07 Å². The van der Waals surface area contributed by atoms with E-state index in [2.05, 4.69) is 10.00 Å². The van der Waals surface area contributed by atoms with Crippen molar-refractivity contribution in [3.05, 3.63) is 75.2 Å². The van der Waals surface area contributed by atoms with Gasteiger partial charge in [0.15, 0.2) is 5.69 Å². The molecule has 162 valence electrons. The third-order valence-corrected chi connectivity index (χ3v) is 5.84. The molecule has 2 aromatic carbocycles. The Morgan fingerprint density at radius 2 is 1.65 bits per heavy atom. The van der Waals surface area contributed by atoms with Gasteiger partial charge in [-0.15, -0.1) is 0 Å². The summed E-state index contributed by atoms with van der Waals surface area (Å²) in [4.78, 5) is 30.4. The Kier molecular flexibility index (Phi) is 6.39. The van der Waals surface area contributed by atoms with Gasteiger partial charge in [-0.05, 0) is 29.7 Å². The lowest BCUT2D eigenvalue weighted by Gasteiger charge is -2.34. The first kappa shape index (κ1) is 21.5. The molecule has 0 N–H and O–H groups in total. The largest absolute Gasteiger partial charge is 0.335 e. The SMILES string of the molecule is CC(C)Cn1nc(C(=O)N2CCN(Cc3ccc(Cl)cc3)CC2)c2ccccc2c1=O. The van der Waals surface area contributed by atoms with E-state index in [0.717, 1.165) is 24.7 Å². The number of rotatable bonds is 5. The first-order valence-corrected chi connectivity index (χ1v) is 11.1. The van der Waals surface area contributed by atoms with Crippen molar-refractivity contribution in [1.29, 1.82) is 0 Å². The number of carbonyl (C=O) groups is 1. The maximum absolute atomic E-state index is 13.4. The van der Waals surface area contributed by atoms with Crippen molar-refractivity contribution < 1.29 is 4.79 Å². The molecule has 0 saturated carbocycles. The highest BCUT2D eigenvalue weighted by atomic mass is 35.5. The number of fused-ring (bicyclic) bond motifs is 1. The summed E-state index contributed by atoms with van der Waals surface area (Å²) in [5.74, 6) is 0.144. The molecule has 1 aliphatic heterocycles. The Bertz CT molecular complexity index is 1130. The molecule has 7 heteroatoms. The van der Waals surface area contributed by atoms with Crippen LogP contribution in [-0.4, -0.2) is 51.7 Å². The highest BCUT2D eigenvalue weighted by Gasteiger charge is 2.26. The number of hydrogen-bond acceptors (Lipinski definition) is 4. The van der Waals surface area contributed by atoms with Gasteiger partial charge in [0, 0.05) is 49.7 Å². The molecule has 4 rings (SSSR count). The molecule has 0 unspecified atom stereocenters. The lowest BCUT2D eigenvalue weighted by atomic mass is 10.1. The molecular formula is C24H27ClN4O2. The van der Waals surface area contributed by atoms with Crippen LogP contribution in [0.15, 0.2) is 53.3 Å². The lowest BCUT2D eigenvalue weighted by molar-refractivity contribution is 0.0622. The normalized spacial score (nSPS) is 15.0. The minimum absolute atomic E-state index is 0.111. The predicted octanol–water partition coefficient (Wildman–Crippen LogP) is 3.66. The summed E-state index contributed by atoms with van der Waals surface area (Å²) in [6, 6.07) is 15.1. The molecule has 1 amide bonds. The summed E-state index contributed by atoms with van der Waals surface area (Å²) < 4.78 is 1.44. The predicted molar refractivity (Wildman–Crippen MR) is 123 cm³/mol. The van der Waals surface area contributed by atoms with Gasteiger partial charge in [0.25, 0.3) is 11.5 Å². The van der Waals surface area contributed by atoms with Crippen molar-refractivity contribution in [3.63, 3.8) is 0 Å². The number of hydrogen-bond donors (Lipinski definition) is 0. The summed E-state index contributed by atoms with van der Waals surface area (Å²) in [6.45, 7) is 8.22. The van der Waals surface area contributed by atoms with Gasteiger partial charge in [-0.3, -0.25) is 14.5 Å². The van der Waals surface area contributed by atoms with Crippen LogP contribution >= 0.6 is 11.6 Å². The zero-order valence-electron chi connectivity index (χ0n) is 17.9. The monoisotopic (exact) mass is 438 g/mol. The molecule has 0 spiro atoms. The minimum Gasteiger partial charge on any atom is -0.335 e. The molecule has 0 radical (unpaired) electrons. The molecule has 0 aliphatic carbocycles. The van der Waals surface area contributed by atoms with E-state index in [1.165, 1.54) is 10.2 Å². The van der Waals surface area contributed by atoms with Gasteiger partial charge in [-0.25, -0.2) is 4.68 Å². The first-order valence-electron chi connectivity index (χ1n) is 10.7. The van der Waals surface area contributed by atoms with Crippen LogP contribution in [0.4, 0.5) is 0 Å². The molecule has 3 aromatic rings. The Morgan fingerprint density at radius 1 is 1.00 bits per heavy atom. The van der Waals surface area contributed by atoms with Crippen LogP contribution in [0.25, 0.3) is 10.8 Å². The molecule has 1 fully saturated rings. The van der Waals surface area contributed by atoms with Crippen molar-refractivity contribution in [2.75, 3.05) is 26.2 Å². The second-order valence-corrected chi connectivity index (χ2v) is 8.91.